The Morgan fingerprint density at radius 2 is 2.21 bits per heavy atom. The summed E-state index contributed by atoms with van der Waals surface area (Å²) in [5.41, 5.74) is 0.660. The number of hydrogen-bond acceptors (Lipinski definition) is 4. The number of carbonyl (C=O) groups excluding carboxylic acids is 1. The SMILES string of the molecule is CSc1cccc(C(=O)Nc2ncc(C(C)C)s2)c1. The van der Waals surface area contributed by atoms with Crippen LogP contribution in [0.4, 0.5) is 5.13 Å². The largest absolute Gasteiger partial charge is 0.298 e. The third-order valence-corrected chi connectivity index (χ3v) is 4.58. The second kappa shape index (κ2) is 6.21. The van der Waals surface area contributed by atoms with Crippen LogP contribution in [0.3, 0.4) is 0 Å². The van der Waals surface area contributed by atoms with Crippen LogP contribution >= 0.6 is 23.1 Å². The zero-order valence-electron chi connectivity index (χ0n) is 11.1. The first kappa shape index (κ1) is 14.1. The van der Waals surface area contributed by atoms with Gasteiger partial charge in [-0.25, -0.2) is 4.98 Å². The highest BCUT2D eigenvalue weighted by Crippen LogP contribution is 2.25. The molecule has 3 nitrogen and oxygen atoms in total. The predicted octanol–water partition coefficient (Wildman–Crippen LogP) is 4.24. The minimum Gasteiger partial charge on any atom is -0.298 e. The number of thiazole rings is 1. The average molecular weight is 292 g/mol. The number of thioether (sulfide) groups is 1. The fraction of sp³-hybridized carbons (Fsp3) is 0.286. The third kappa shape index (κ3) is 3.58. The van der Waals surface area contributed by atoms with E-state index in [1.807, 2.05) is 36.7 Å². The van der Waals surface area contributed by atoms with Crippen molar-refractivity contribution >= 4 is 34.1 Å². The van der Waals surface area contributed by atoms with Gasteiger partial charge >= 0.3 is 0 Å². The topological polar surface area (TPSA) is 42.0 Å². The van der Waals surface area contributed by atoms with E-state index in [9.17, 15) is 4.79 Å². The molecule has 1 aromatic heterocycles. The van der Waals surface area contributed by atoms with E-state index < -0.39 is 0 Å². The van der Waals surface area contributed by atoms with E-state index in [4.69, 9.17) is 0 Å². The highest BCUT2D eigenvalue weighted by molar-refractivity contribution is 7.98. The number of anilines is 1. The summed E-state index contributed by atoms with van der Waals surface area (Å²) in [6.07, 6.45) is 3.82. The van der Waals surface area contributed by atoms with Crippen molar-refractivity contribution in [3.63, 3.8) is 0 Å². The quantitative estimate of drug-likeness (QED) is 0.857. The number of carbonyl (C=O) groups is 1. The van der Waals surface area contributed by atoms with Gasteiger partial charge in [-0.3, -0.25) is 10.1 Å². The molecule has 19 heavy (non-hydrogen) atoms. The zero-order valence-corrected chi connectivity index (χ0v) is 12.8. The molecule has 100 valence electrons. The molecule has 0 unspecified atom stereocenters. The normalized spacial score (nSPS) is 10.7. The maximum atomic E-state index is 12.1. The van der Waals surface area contributed by atoms with Crippen LogP contribution in [0.25, 0.3) is 0 Å². The van der Waals surface area contributed by atoms with Crippen molar-refractivity contribution in [1.82, 2.24) is 4.98 Å². The van der Waals surface area contributed by atoms with Gasteiger partial charge in [-0.15, -0.1) is 23.1 Å². The third-order valence-electron chi connectivity index (χ3n) is 2.64. The molecule has 2 rings (SSSR count). The molecule has 0 aliphatic carbocycles. The molecule has 0 saturated carbocycles. The Balaban J connectivity index is 2.11. The van der Waals surface area contributed by atoms with Crippen LogP contribution in [-0.4, -0.2) is 17.1 Å². The van der Waals surface area contributed by atoms with Crippen LogP contribution in [0.1, 0.15) is 35.0 Å². The van der Waals surface area contributed by atoms with E-state index in [0.717, 1.165) is 4.90 Å². The first-order chi connectivity index (χ1) is 9.10. The van der Waals surface area contributed by atoms with E-state index >= 15 is 0 Å². The summed E-state index contributed by atoms with van der Waals surface area (Å²) in [5, 5.41) is 3.50. The van der Waals surface area contributed by atoms with Gasteiger partial charge < -0.3 is 0 Å². The van der Waals surface area contributed by atoms with Gasteiger partial charge in [-0.2, -0.15) is 0 Å². The maximum Gasteiger partial charge on any atom is 0.257 e. The smallest absolute Gasteiger partial charge is 0.257 e. The van der Waals surface area contributed by atoms with Crippen molar-refractivity contribution in [2.45, 2.75) is 24.7 Å². The summed E-state index contributed by atoms with van der Waals surface area (Å²) >= 11 is 3.15. The fourth-order valence-electron chi connectivity index (χ4n) is 1.54. The van der Waals surface area contributed by atoms with Gasteiger partial charge in [0, 0.05) is 21.5 Å². The van der Waals surface area contributed by atoms with Crippen molar-refractivity contribution < 1.29 is 4.79 Å². The molecule has 2 aromatic rings. The summed E-state index contributed by atoms with van der Waals surface area (Å²) in [7, 11) is 0. The minimum absolute atomic E-state index is 0.111. The lowest BCUT2D eigenvalue weighted by Crippen LogP contribution is -2.11. The number of hydrogen-bond donors (Lipinski definition) is 1. The molecule has 0 aliphatic rings. The molecule has 1 aromatic carbocycles. The molecule has 0 aliphatic heterocycles. The van der Waals surface area contributed by atoms with E-state index in [2.05, 4.69) is 24.1 Å². The minimum atomic E-state index is -0.111. The molecule has 5 heteroatoms. The lowest BCUT2D eigenvalue weighted by molar-refractivity contribution is 0.102. The number of nitrogens with one attached hydrogen (secondary N) is 1. The van der Waals surface area contributed by atoms with Crippen molar-refractivity contribution in [1.29, 1.82) is 0 Å². The summed E-state index contributed by atoms with van der Waals surface area (Å²) in [6.45, 7) is 4.22. The molecule has 1 amide bonds. The summed E-state index contributed by atoms with van der Waals surface area (Å²) in [4.78, 5) is 18.6. The molecule has 0 radical (unpaired) electrons. The zero-order chi connectivity index (χ0) is 13.8. The second-order valence-corrected chi connectivity index (χ2v) is 6.35. The monoisotopic (exact) mass is 292 g/mol. The molecule has 0 fully saturated rings. The number of nitrogens with zero attached hydrogens (tertiary/aromatic N) is 1. The lowest BCUT2D eigenvalue weighted by atomic mass is 10.2. The lowest BCUT2D eigenvalue weighted by Gasteiger charge is -2.03. The molecular weight excluding hydrogens is 276 g/mol. The van der Waals surface area contributed by atoms with Crippen LogP contribution in [-0.2, 0) is 0 Å². The first-order valence-electron chi connectivity index (χ1n) is 6.01. The Morgan fingerprint density at radius 3 is 2.84 bits per heavy atom. The van der Waals surface area contributed by atoms with Crippen molar-refractivity contribution in [3.05, 3.63) is 40.9 Å². The highest BCUT2D eigenvalue weighted by Gasteiger charge is 2.10. The van der Waals surface area contributed by atoms with Crippen LogP contribution in [0, 0.1) is 0 Å². The van der Waals surface area contributed by atoms with Gasteiger partial charge in [0.15, 0.2) is 5.13 Å². The Bertz CT molecular complexity index is 578. The van der Waals surface area contributed by atoms with E-state index in [1.54, 1.807) is 11.8 Å². The number of rotatable bonds is 4. The summed E-state index contributed by atoms with van der Waals surface area (Å²) < 4.78 is 0. The molecule has 0 saturated heterocycles. The first-order valence-corrected chi connectivity index (χ1v) is 8.05. The summed E-state index contributed by atoms with van der Waals surface area (Å²) in [6, 6.07) is 7.58. The average Bonchev–Trinajstić information content (AvgIpc) is 2.87. The molecule has 0 spiro atoms. The van der Waals surface area contributed by atoms with Crippen molar-refractivity contribution in [2.75, 3.05) is 11.6 Å². The van der Waals surface area contributed by atoms with Crippen LogP contribution < -0.4 is 5.32 Å². The molecular formula is C14H16N2OS2. The fourth-order valence-corrected chi connectivity index (χ4v) is 2.82. The number of amides is 1. The van der Waals surface area contributed by atoms with Crippen molar-refractivity contribution in [3.8, 4) is 0 Å². The maximum absolute atomic E-state index is 12.1. The second-order valence-electron chi connectivity index (χ2n) is 4.41. The van der Waals surface area contributed by atoms with Gasteiger partial charge in [0.2, 0.25) is 0 Å². The van der Waals surface area contributed by atoms with Crippen LogP contribution in [0.5, 0.6) is 0 Å². The van der Waals surface area contributed by atoms with Crippen LogP contribution in [0.15, 0.2) is 35.4 Å². The predicted molar refractivity (Wildman–Crippen MR) is 82.4 cm³/mol. The van der Waals surface area contributed by atoms with Crippen LogP contribution in [0.2, 0.25) is 0 Å². The molecule has 0 atom stereocenters. The van der Waals surface area contributed by atoms with Gasteiger partial charge in [-0.05, 0) is 30.4 Å². The van der Waals surface area contributed by atoms with E-state index in [0.29, 0.717) is 16.6 Å². The Morgan fingerprint density at radius 1 is 1.42 bits per heavy atom. The van der Waals surface area contributed by atoms with Gasteiger partial charge in [0.05, 0.1) is 0 Å². The van der Waals surface area contributed by atoms with Gasteiger partial charge in [0.25, 0.3) is 5.91 Å². The summed E-state index contributed by atoms with van der Waals surface area (Å²) in [5.74, 6) is 0.323. The standard InChI is InChI=1S/C14H16N2OS2/c1-9(2)12-8-15-14(19-12)16-13(17)10-5-4-6-11(7-10)18-3/h4-9H,1-3H3,(H,15,16,17). The van der Waals surface area contributed by atoms with Gasteiger partial charge in [-0.1, -0.05) is 19.9 Å². The van der Waals surface area contributed by atoms with Crippen molar-refractivity contribution in [2.24, 2.45) is 0 Å². The highest BCUT2D eigenvalue weighted by atomic mass is 32.2. The number of benzene rings is 1. The Kier molecular flexibility index (Phi) is 4.61. The molecule has 1 heterocycles. The number of aromatic nitrogens is 1. The van der Waals surface area contributed by atoms with E-state index in [-0.39, 0.29) is 5.91 Å². The molecule has 1 N–H and O–H groups in total. The molecule has 0 bridgehead atoms. The van der Waals surface area contributed by atoms with Gasteiger partial charge in [0.1, 0.15) is 0 Å². The Hall–Kier alpha value is -1.33. The Labute approximate surface area is 121 Å². The van der Waals surface area contributed by atoms with E-state index in [1.165, 1.54) is 16.2 Å².